The molecule has 0 heterocycles. The summed E-state index contributed by atoms with van der Waals surface area (Å²) in [4.78, 5) is 0. The summed E-state index contributed by atoms with van der Waals surface area (Å²) >= 11 is 2.42. The van der Waals surface area contributed by atoms with Crippen LogP contribution in [0.3, 0.4) is 0 Å². The minimum atomic E-state index is 0. The number of halogens is 2. The van der Waals surface area contributed by atoms with Gasteiger partial charge in [0.25, 0.3) is 0 Å². The summed E-state index contributed by atoms with van der Waals surface area (Å²) in [5.74, 6) is 1.92. The molecule has 0 spiro atoms. The van der Waals surface area contributed by atoms with E-state index in [1.165, 1.54) is 21.5 Å². The van der Waals surface area contributed by atoms with Crippen molar-refractivity contribution in [2.75, 3.05) is 0 Å². The summed E-state index contributed by atoms with van der Waals surface area (Å²) in [5, 5.41) is 5.32. The standard InChI is InChI=1S/2C9H7.CH3.Al.2ClH.Zr/c2*1-2-5-9-7-3-6-8(9)4-1;;;;;/h2*1-7H;1H3;;2*1H;/q2*-1;;+2;;;+4/p-2. The quantitative estimate of drug-likeness (QED) is 0.254. The molecule has 0 unspecified atom stereocenters. The van der Waals surface area contributed by atoms with Gasteiger partial charge in [0.1, 0.15) is 0 Å². The molecular weight excluding hydrogens is 417 g/mol. The minimum Gasteiger partial charge on any atom is -1.00 e. The molecule has 4 heteroatoms. The summed E-state index contributed by atoms with van der Waals surface area (Å²) in [5.41, 5.74) is 0. The molecule has 0 amide bonds. The van der Waals surface area contributed by atoms with E-state index in [0.29, 0.717) is 0 Å². The van der Waals surface area contributed by atoms with Crippen LogP contribution in [-0.2, 0) is 26.2 Å². The van der Waals surface area contributed by atoms with E-state index in [4.69, 9.17) is 0 Å². The molecule has 0 aliphatic carbocycles. The van der Waals surface area contributed by atoms with E-state index < -0.39 is 0 Å². The van der Waals surface area contributed by atoms with Crippen molar-refractivity contribution in [2.24, 2.45) is 0 Å². The van der Waals surface area contributed by atoms with E-state index in [2.05, 4.69) is 101 Å². The van der Waals surface area contributed by atoms with Gasteiger partial charge in [0, 0.05) is 0 Å². The van der Waals surface area contributed by atoms with Gasteiger partial charge in [-0.1, -0.05) is 12.1 Å². The first-order valence-electron chi connectivity index (χ1n) is 6.72. The molecule has 0 N–H and O–H groups in total. The van der Waals surface area contributed by atoms with Gasteiger partial charge in [-0.2, -0.15) is 35.0 Å². The summed E-state index contributed by atoms with van der Waals surface area (Å²) < 4.78 is 0. The summed E-state index contributed by atoms with van der Waals surface area (Å²) in [6, 6.07) is 29.3. The second-order valence-corrected chi connectivity index (χ2v) is 4.31. The SMILES string of the molecule is [CH3][Al+2].[Cl-].[Cl-].[Zr+4].c1ccc2[cH-]ccc2c1.c1ccc2[cH-]ccc2c1. The first-order chi connectivity index (χ1) is 9.93. The molecule has 4 aromatic carbocycles. The molecule has 0 aliphatic heterocycles. The van der Waals surface area contributed by atoms with Crippen LogP contribution in [0.15, 0.2) is 84.9 Å². The van der Waals surface area contributed by atoms with E-state index in [1.54, 1.807) is 0 Å². The van der Waals surface area contributed by atoms with Crippen LogP contribution in [0.5, 0.6) is 0 Å². The molecular formula is C19H17AlCl2Zr+2. The Hall–Kier alpha value is -0.344. The predicted molar refractivity (Wildman–Crippen MR) is 90.7 cm³/mol. The molecule has 4 rings (SSSR count). The van der Waals surface area contributed by atoms with E-state index in [0.717, 1.165) is 0 Å². The molecule has 0 saturated carbocycles. The van der Waals surface area contributed by atoms with Crippen molar-refractivity contribution >= 4 is 37.8 Å². The smallest absolute Gasteiger partial charge is 1.00 e. The van der Waals surface area contributed by atoms with E-state index in [-0.39, 0.29) is 51.0 Å². The molecule has 0 saturated heterocycles. The van der Waals surface area contributed by atoms with Crippen LogP contribution >= 0.6 is 0 Å². The fourth-order valence-corrected chi connectivity index (χ4v) is 2.14. The fraction of sp³-hybridized carbons (Fsp3) is 0.0526. The molecule has 0 aliphatic rings. The number of hydrogen-bond donors (Lipinski definition) is 0. The first kappa shape index (κ1) is 24.9. The van der Waals surface area contributed by atoms with Gasteiger partial charge in [-0.25, -0.2) is 0 Å². The van der Waals surface area contributed by atoms with Crippen molar-refractivity contribution in [2.45, 2.75) is 5.79 Å². The van der Waals surface area contributed by atoms with Crippen molar-refractivity contribution in [3.63, 3.8) is 0 Å². The average molecular weight is 434 g/mol. The van der Waals surface area contributed by atoms with E-state index in [9.17, 15) is 0 Å². The molecule has 0 nitrogen and oxygen atoms in total. The Morgan fingerprint density at radius 1 is 0.609 bits per heavy atom. The third-order valence-electron chi connectivity index (χ3n) is 3.10. The van der Waals surface area contributed by atoms with Crippen LogP contribution in [0.25, 0.3) is 21.5 Å². The van der Waals surface area contributed by atoms with Crippen LogP contribution in [0, 0.1) is 0 Å². The zero-order valence-corrected chi connectivity index (χ0v) is 18.0. The first-order valence-corrected chi connectivity index (χ1v) is 7.87. The molecule has 112 valence electrons. The van der Waals surface area contributed by atoms with Crippen molar-refractivity contribution in [1.82, 2.24) is 0 Å². The maximum Gasteiger partial charge on any atom is 4.00 e. The van der Waals surface area contributed by atoms with Gasteiger partial charge in [0.2, 0.25) is 0 Å². The molecule has 0 fully saturated rings. The van der Waals surface area contributed by atoms with Gasteiger partial charge in [0.05, 0.1) is 0 Å². The van der Waals surface area contributed by atoms with Gasteiger partial charge in [-0.05, 0) is 0 Å². The number of benzene rings is 2. The maximum atomic E-state index is 2.42. The van der Waals surface area contributed by atoms with Crippen LogP contribution in [0.1, 0.15) is 0 Å². The topological polar surface area (TPSA) is 0 Å². The maximum absolute atomic E-state index is 2.42. The van der Waals surface area contributed by atoms with E-state index >= 15 is 0 Å². The van der Waals surface area contributed by atoms with Crippen LogP contribution in [0.2, 0.25) is 5.79 Å². The van der Waals surface area contributed by atoms with Crippen LogP contribution < -0.4 is 24.8 Å². The van der Waals surface area contributed by atoms with Crippen LogP contribution in [0.4, 0.5) is 0 Å². The molecule has 23 heavy (non-hydrogen) atoms. The average Bonchev–Trinajstić information content (AvgIpc) is 3.18. The summed E-state index contributed by atoms with van der Waals surface area (Å²) in [7, 11) is 0. The van der Waals surface area contributed by atoms with Crippen molar-refractivity contribution < 1.29 is 51.0 Å². The fourth-order valence-electron chi connectivity index (χ4n) is 2.14. The Kier molecular flexibility index (Phi) is 15.2. The van der Waals surface area contributed by atoms with Gasteiger partial charge in [-0.3, -0.25) is 0 Å². The largest absolute Gasteiger partial charge is 4.00 e. The zero-order valence-electron chi connectivity index (χ0n) is 12.9. The Balaban J connectivity index is 0. The summed E-state index contributed by atoms with van der Waals surface area (Å²) in [6.07, 6.45) is 0. The Morgan fingerprint density at radius 2 is 0.957 bits per heavy atom. The van der Waals surface area contributed by atoms with Gasteiger partial charge >= 0.3 is 48.3 Å². The minimum absolute atomic E-state index is 0. The molecule has 0 atom stereocenters. The van der Waals surface area contributed by atoms with Crippen molar-refractivity contribution in [1.29, 1.82) is 0 Å². The number of hydrogen-bond acceptors (Lipinski definition) is 0. The molecule has 4 aromatic rings. The summed E-state index contributed by atoms with van der Waals surface area (Å²) in [6.45, 7) is 0. The molecule has 0 bridgehead atoms. The second kappa shape index (κ2) is 14.0. The van der Waals surface area contributed by atoms with Gasteiger partial charge in [-0.15, -0.1) is 59.3 Å². The Morgan fingerprint density at radius 3 is 1.30 bits per heavy atom. The van der Waals surface area contributed by atoms with Gasteiger partial charge in [0.15, 0.2) is 0 Å². The Labute approximate surface area is 178 Å². The van der Waals surface area contributed by atoms with Gasteiger partial charge < -0.3 is 24.8 Å². The normalized spacial score (nSPS) is 8.30. The van der Waals surface area contributed by atoms with Crippen LogP contribution in [-0.4, -0.2) is 16.3 Å². The second-order valence-electron chi connectivity index (χ2n) is 4.31. The van der Waals surface area contributed by atoms with E-state index in [1.807, 2.05) is 5.79 Å². The Bertz CT molecular complexity index is 635. The number of fused-ring (bicyclic) bond motifs is 2. The zero-order chi connectivity index (χ0) is 14.2. The monoisotopic (exact) mass is 432 g/mol. The van der Waals surface area contributed by atoms with Crippen molar-refractivity contribution in [3.8, 4) is 0 Å². The molecule has 0 aromatic heterocycles. The number of rotatable bonds is 0. The third kappa shape index (κ3) is 7.39. The predicted octanol–water partition coefficient (Wildman–Crippen LogP) is -0.674. The third-order valence-corrected chi connectivity index (χ3v) is 3.10. The molecule has 0 radical (unpaired) electrons. The van der Waals surface area contributed by atoms with Crippen molar-refractivity contribution in [3.05, 3.63) is 84.9 Å².